The average molecular weight is 156 g/mol. The predicted octanol–water partition coefficient (Wildman–Crippen LogP) is -1.14. The third-order valence-electron chi connectivity index (χ3n) is 1.19. The first kappa shape index (κ1) is 7.87. The smallest absolute Gasteiger partial charge is 0.360 e. The maximum atomic E-state index is 10.7. The van der Waals surface area contributed by atoms with E-state index in [1.54, 1.807) is 0 Å². The molecule has 0 aromatic rings. The molecule has 0 amide bonds. The number of nitrogens with zero attached hydrogens (tertiary/aromatic N) is 1. The van der Waals surface area contributed by atoms with Gasteiger partial charge in [0.05, 0.1) is 13.0 Å². The van der Waals surface area contributed by atoms with Gasteiger partial charge in [-0.3, -0.25) is 9.79 Å². The lowest BCUT2D eigenvalue weighted by atomic mass is 10.3. The summed E-state index contributed by atoms with van der Waals surface area (Å²) in [6.45, 7) is 0.725. The van der Waals surface area contributed by atoms with E-state index in [9.17, 15) is 9.59 Å². The van der Waals surface area contributed by atoms with Crippen molar-refractivity contribution in [2.75, 3.05) is 13.1 Å². The first-order valence-corrected chi connectivity index (χ1v) is 3.22. The standard InChI is InChI=1S/C6H8N2O3/c7-1-2-8-4-3-5(9)11-6(4)10/h1-3,7H2. The van der Waals surface area contributed by atoms with Crippen molar-refractivity contribution in [3.8, 4) is 0 Å². The molecule has 2 N–H and O–H groups in total. The number of esters is 2. The largest absolute Gasteiger partial charge is 0.388 e. The number of carbonyl (C=O) groups excluding carboxylic acids is 2. The molecule has 1 aliphatic rings. The molecule has 0 radical (unpaired) electrons. The molecule has 0 bridgehead atoms. The van der Waals surface area contributed by atoms with Crippen LogP contribution >= 0.6 is 0 Å². The minimum absolute atomic E-state index is 0.0150. The summed E-state index contributed by atoms with van der Waals surface area (Å²) in [5.74, 6) is -1.17. The molecule has 1 rings (SSSR count). The quantitative estimate of drug-likeness (QED) is 0.404. The van der Waals surface area contributed by atoms with Crippen LogP contribution in [-0.4, -0.2) is 30.7 Å². The van der Waals surface area contributed by atoms with E-state index in [0.717, 1.165) is 0 Å². The number of aliphatic imine (C=N–C) groups is 1. The summed E-state index contributed by atoms with van der Waals surface area (Å²) >= 11 is 0. The van der Waals surface area contributed by atoms with Gasteiger partial charge in [-0.25, -0.2) is 4.79 Å². The normalized spacial score (nSPS) is 21.0. The number of ether oxygens (including phenoxy) is 1. The molecule has 0 aromatic heterocycles. The summed E-state index contributed by atoms with van der Waals surface area (Å²) in [7, 11) is 0. The highest BCUT2D eigenvalue weighted by molar-refractivity contribution is 6.44. The third-order valence-corrected chi connectivity index (χ3v) is 1.19. The van der Waals surface area contributed by atoms with Gasteiger partial charge in [-0.15, -0.1) is 0 Å². The molecular weight excluding hydrogens is 148 g/mol. The fraction of sp³-hybridized carbons (Fsp3) is 0.500. The second-order valence-corrected chi connectivity index (χ2v) is 2.06. The van der Waals surface area contributed by atoms with Crippen LogP contribution in [0.25, 0.3) is 0 Å². The summed E-state index contributed by atoms with van der Waals surface area (Å²) in [5.41, 5.74) is 5.32. The summed E-state index contributed by atoms with van der Waals surface area (Å²) < 4.78 is 4.22. The second-order valence-electron chi connectivity index (χ2n) is 2.06. The molecule has 0 aliphatic carbocycles. The van der Waals surface area contributed by atoms with Crippen LogP contribution in [0.4, 0.5) is 0 Å². The van der Waals surface area contributed by atoms with Crippen LogP contribution in [0, 0.1) is 0 Å². The van der Waals surface area contributed by atoms with Crippen LogP contribution in [0.2, 0.25) is 0 Å². The van der Waals surface area contributed by atoms with Gasteiger partial charge in [0.25, 0.3) is 0 Å². The molecule has 1 saturated heterocycles. The van der Waals surface area contributed by atoms with Gasteiger partial charge in [0.15, 0.2) is 0 Å². The van der Waals surface area contributed by atoms with Crippen LogP contribution in [0.1, 0.15) is 6.42 Å². The molecular formula is C6H8N2O3. The van der Waals surface area contributed by atoms with Crippen molar-refractivity contribution in [3.63, 3.8) is 0 Å². The van der Waals surface area contributed by atoms with Crippen molar-refractivity contribution in [2.24, 2.45) is 10.7 Å². The lowest BCUT2D eigenvalue weighted by Crippen LogP contribution is -2.10. The second kappa shape index (κ2) is 3.25. The van der Waals surface area contributed by atoms with Crippen molar-refractivity contribution in [1.82, 2.24) is 0 Å². The zero-order valence-corrected chi connectivity index (χ0v) is 5.87. The van der Waals surface area contributed by atoms with Gasteiger partial charge in [0, 0.05) is 6.54 Å². The van der Waals surface area contributed by atoms with Crippen LogP contribution in [0.15, 0.2) is 4.99 Å². The van der Waals surface area contributed by atoms with Crippen molar-refractivity contribution >= 4 is 17.7 Å². The molecule has 60 valence electrons. The molecule has 1 heterocycles. The number of hydrogen-bond acceptors (Lipinski definition) is 5. The van der Waals surface area contributed by atoms with Gasteiger partial charge >= 0.3 is 11.9 Å². The predicted molar refractivity (Wildman–Crippen MR) is 37.1 cm³/mol. The van der Waals surface area contributed by atoms with Crippen LogP contribution < -0.4 is 5.73 Å². The van der Waals surface area contributed by atoms with Crippen molar-refractivity contribution in [2.45, 2.75) is 6.42 Å². The summed E-state index contributed by atoms with van der Waals surface area (Å²) in [6.07, 6.45) is -0.0150. The Morgan fingerprint density at radius 3 is 2.73 bits per heavy atom. The Kier molecular flexibility index (Phi) is 2.32. The first-order valence-electron chi connectivity index (χ1n) is 3.22. The Bertz CT molecular complexity index is 222. The fourth-order valence-electron chi connectivity index (χ4n) is 0.727. The van der Waals surface area contributed by atoms with Crippen molar-refractivity contribution < 1.29 is 14.3 Å². The fourth-order valence-corrected chi connectivity index (χ4v) is 0.727. The third kappa shape index (κ3) is 1.84. The molecule has 5 heteroatoms. The number of hydrogen-bond donors (Lipinski definition) is 1. The molecule has 0 aromatic carbocycles. The van der Waals surface area contributed by atoms with E-state index < -0.39 is 11.9 Å². The van der Waals surface area contributed by atoms with Crippen molar-refractivity contribution in [3.05, 3.63) is 0 Å². The van der Waals surface area contributed by atoms with Gasteiger partial charge in [-0.1, -0.05) is 0 Å². The molecule has 0 atom stereocenters. The van der Waals surface area contributed by atoms with Crippen LogP contribution in [0.5, 0.6) is 0 Å². The van der Waals surface area contributed by atoms with Gasteiger partial charge in [-0.2, -0.15) is 0 Å². The van der Waals surface area contributed by atoms with Gasteiger partial charge in [-0.05, 0) is 0 Å². The molecule has 1 aliphatic heterocycles. The van der Waals surface area contributed by atoms with E-state index >= 15 is 0 Å². The van der Waals surface area contributed by atoms with Gasteiger partial charge in [0.1, 0.15) is 5.71 Å². The Balaban J connectivity index is 2.59. The lowest BCUT2D eigenvalue weighted by molar-refractivity contribution is -0.150. The van der Waals surface area contributed by atoms with Crippen LogP contribution in [-0.2, 0) is 14.3 Å². The highest BCUT2D eigenvalue weighted by Crippen LogP contribution is 2.03. The number of cyclic esters (lactones) is 2. The van der Waals surface area contributed by atoms with E-state index in [0.29, 0.717) is 13.1 Å². The molecule has 0 unspecified atom stereocenters. The summed E-state index contributed by atoms with van der Waals surface area (Å²) in [5, 5.41) is 0. The molecule has 0 spiro atoms. The van der Waals surface area contributed by atoms with E-state index in [-0.39, 0.29) is 12.1 Å². The Morgan fingerprint density at radius 2 is 2.27 bits per heavy atom. The van der Waals surface area contributed by atoms with Gasteiger partial charge in [0.2, 0.25) is 0 Å². The topological polar surface area (TPSA) is 81.8 Å². The van der Waals surface area contributed by atoms with E-state index in [2.05, 4.69) is 9.73 Å². The molecule has 0 saturated carbocycles. The zero-order chi connectivity index (χ0) is 8.27. The zero-order valence-electron chi connectivity index (χ0n) is 5.87. The SMILES string of the molecule is NCCN=C1CC(=O)OC1=O. The summed E-state index contributed by atoms with van der Waals surface area (Å²) in [4.78, 5) is 24.9. The minimum atomic E-state index is -0.636. The Hall–Kier alpha value is -1.23. The lowest BCUT2D eigenvalue weighted by Gasteiger charge is -1.88. The van der Waals surface area contributed by atoms with Gasteiger partial charge < -0.3 is 10.5 Å². The Morgan fingerprint density at radius 1 is 1.55 bits per heavy atom. The highest BCUT2D eigenvalue weighted by atomic mass is 16.6. The molecule has 5 nitrogen and oxygen atoms in total. The highest BCUT2D eigenvalue weighted by Gasteiger charge is 2.28. The van der Waals surface area contributed by atoms with Crippen LogP contribution in [0.3, 0.4) is 0 Å². The number of rotatable bonds is 2. The first-order chi connectivity index (χ1) is 5.24. The van der Waals surface area contributed by atoms with Crippen molar-refractivity contribution in [1.29, 1.82) is 0 Å². The maximum Gasteiger partial charge on any atom is 0.360 e. The van der Waals surface area contributed by atoms with E-state index in [1.807, 2.05) is 0 Å². The minimum Gasteiger partial charge on any atom is -0.388 e. The van der Waals surface area contributed by atoms with E-state index in [1.165, 1.54) is 0 Å². The molecule has 1 fully saturated rings. The number of nitrogens with two attached hydrogens (primary N) is 1. The summed E-state index contributed by atoms with van der Waals surface area (Å²) in [6, 6.07) is 0. The monoisotopic (exact) mass is 156 g/mol. The number of carbonyl (C=O) groups is 2. The maximum absolute atomic E-state index is 10.7. The van der Waals surface area contributed by atoms with E-state index in [4.69, 9.17) is 5.73 Å². The molecule has 11 heavy (non-hydrogen) atoms. The Labute approximate surface area is 63.2 Å². The average Bonchev–Trinajstić information content (AvgIpc) is 2.26.